The summed E-state index contributed by atoms with van der Waals surface area (Å²) < 4.78 is 0. The second kappa shape index (κ2) is 4.42. The second-order valence-corrected chi connectivity index (χ2v) is 4.72. The number of aromatic nitrogens is 1. The van der Waals surface area contributed by atoms with E-state index in [2.05, 4.69) is 14.9 Å². The molecule has 90 valence electrons. The number of benzene rings is 1. The third-order valence-corrected chi connectivity index (χ3v) is 3.17. The van der Waals surface area contributed by atoms with Gasteiger partial charge in [-0.25, -0.2) is 4.99 Å². The van der Waals surface area contributed by atoms with Crippen LogP contribution in [0.2, 0.25) is 5.02 Å². The molecule has 4 heteroatoms. The van der Waals surface area contributed by atoms with Gasteiger partial charge in [0.1, 0.15) is 5.69 Å². The van der Waals surface area contributed by atoms with Crippen LogP contribution >= 0.6 is 11.6 Å². The molecule has 0 radical (unpaired) electrons. The minimum absolute atomic E-state index is 0.711. The molecule has 18 heavy (non-hydrogen) atoms. The van der Waals surface area contributed by atoms with Crippen molar-refractivity contribution >= 4 is 23.1 Å². The van der Waals surface area contributed by atoms with Crippen molar-refractivity contribution in [3.63, 3.8) is 0 Å². The molecule has 0 atom stereocenters. The predicted octanol–water partition coefficient (Wildman–Crippen LogP) is 3.26. The monoisotopic (exact) mass is 257 g/mol. The highest BCUT2D eigenvalue weighted by Crippen LogP contribution is 2.29. The van der Waals surface area contributed by atoms with E-state index in [1.54, 1.807) is 6.20 Å². The number of hydrogen-bond acceptors (Lipinski definition) is 3. The summed E-state index contributed by atoms with van der Waals surface area (Å²) in [4.78, 5) is 11.1. The summed E-state index contributed by atoms with van der Waals surface area (Å²) in [5.74, 6) is 0.880. The summed E-state index contributed by atoms with van der Waals surface area (Å²) >= 11 is 6.01. The number of nitrogens with zero attached hydrogens (tertiary/aromatic N) is 3. The van der Waals surface area contributed by atoms with E-state index in [0.29, 0.717) is 5.02 Å². The molecule has 0 bridgehead atoms. The zero-order chi connectivity index (χ0) is 12.5. The Balaban J connectivity index is 2.10. The second-order valence-electron chi connectivity index (χ2n) is 4.28. The number of pyridine rings is 1. The Morgan fingerprint density at radius 1 is 1.22 bits per heavy atom. The molecule has 1 aromatic heterocycles. The van der Waals surface area contributed by atoms with Gasteiger partial charge < -0.3 is 4.90 Å². The predicted molar refractivity (Wildman–Crippen MR) is 73.4 cm³/mol. The van der Waals surface area contributed by atoms with Crippen molar-refractivity contribution in [3.05, 3.63) is 58.9 Å². The Hall–Kier alpha value is -1.87. The van der Waals surface area contributed by atoms with Crippen LogP contribution in [0.1, 0.15) is 11.3 Å². The highest BCUT2D eigenvalue weighted by Gasteiger charge is 2.18. The van der Waals surface area contributed by atoms with Gasteiger partial charge in [0.2, 0.25) is 0 Å². The zero-order valence-electron chi connectivity index (χ0n) is 9.97. The van der Waals surface area contributed by atoms with Gasteiger partial charge in [-0.2, -0.15) is 0 Å². The minimum atomic E-state index is 0.711. The minimum Gasteiger partial charge on any atom is -0.353 e. The Morgan fingerprint density at radius 2 is 2.11 bits per heavy atom. The van der Waals surface area contributed by atoms with Crippen molar-refractivity contribution in [2.45, 2.75) is 6.54 Å². The maximum atomic E-state index is 6.01. The number of halogens is 1. The van der Waals surface area contributed by atoms with Gasteiger partial charge in [0.15, 0.2) is 5.84 Å². The van der Waals surface area contributed by atoms with Gasteiger partial charge in [-0.1, -0.05) is 23.7 Å². The molecule has 0 N–H and O–H groups in total. The summed E-state index contributed by atoms with van der Waals surface area (Å²) in [6.07, 6.45) is 1.78. The first-order valence-corrected chi connectivity index (χ1v) is 6.11. The van der Waals surface area contributed by atoms with E-state index in [1.165, 1.54) is 5.56 Å². The van der Waals surface area contributed by atoms with Gasteiger partial charge in [0.25, 0.3) is 0 Å². The van der Waals surface area contributed by atoms with Crippen LogP contribution in [0.3, 0.4) is 0 Å². The van der Waals surface area contributed by atoms with Gasteiger partial charge >= 0.3 is 0 Å². The number of hydrogen-bond donors (Lipinski definition) is 0. The van der Waals surface area contributed by atoms with Crippen LogP contribution in [0, 0.1) is 0 Å². The Kier molecular flexibility index (Phi) is 2.76. The van der Waals surface area contributed by atoms with Crippen LogP contribution in [-0.2, 0) is 6.54 Å². The van der Waals surface area contributed by atoms with Gasteiger partial charge in [-0.05, 0) is 29.8 Å². The molecule has 0 fully saturated rings. The normalized spacial score (nSPS) is 14.1. The summed E-state index contributed by atoms with van der Waals surface area (Å²) in [7, 11) is 2.02. The van der Waals surface area contributed by atoms with E-state index in [9.17, 15) is 0 Å². The van der Waals surface area contributed by atoms with Crippen LogP contribution in [-0.4, -0.2) is 22.8 Å². The molecule has 0 saturated heterocycles. The van der Waals surface area contributed by atoms with Gasteiger partial charge in [0.05, 0.1) is 5.69 Å². The Labute approximate surface area is 111 Å². The molecule has 3 rings (SSSR count). The molecule has 0 aliphatic carbocycles. The van der Waals surface area contributed by atoms with Crippen molar-refractivity contribution in [2.24, 2.45) is 4.99 Å². The fourth-order valence-electron chi connectivity index (χ4n) is 2.05. The number of fused-ring (bicyclic) bond motifs is 1. The van der Waals surface area contributed by atoms with E-state index in [-0.39, 0.29) is 0 Å². The zero-order valence-corrected chi connectivity index (χ0v) is 10.7. The van der Waals surface area contributed by atoms with Crippen molar-refractivity contribution in [1.82, 2.24) is 9.88 Å². The third-order valence-electron chi connectivity index (χ3n) is 2.94. The lowest BCUT2D eigenvalue weighted by molar-refractivity contribution is 0.493. The number of aliphatic imine (C=N–C) groups is 1. The molecule has 3 nitrogen and oxygen atoms in total. The van der Waals surface area contributed by atoms with Crippen LogP contribution < -0.4 is 0 Å². The molecule has 1 aromatic carbocycles. The quantitative estimate of drug-likeness (QED) is 0.785. The maximum absolute atomic E-state index is 6.01. The van der Waals surface area contributed by atoms with E-state index < -0.39 is 0 Å². The topological polar surface area (TPSA) is 28.5 Å². The van der Waals surface area contributed by atoms with E-state index in [4.69, 9.17) is 11.6 Å². The van der Waals surface area contributed by atoms with E-state index >= 15 is 0 Å². The lowest BCUT2D eigenvalue weighted by atomic mass is 10.1. The summed E-state index contributed by atoms with van der Waals surface area (Å²) in [5.41, 5.74) is 2.99. The molecular weight excluding hydrogens is 246 g/mol. The van der Waals surface area contributed by atoms with Crippen molar-refractivity contribution in [2.75, 3.05) is 7.05 Å². The van der Waals surface area contributed by atoms with Crippen LogP contribution in [0.4, 0.5) is 5.69 Å². The maximum Gasteiger partial charge on any atom is 0.155 e. The lowest BCUT2D eigenvalue weighted by Gasteiger charge is -2.26. The number of amidine groups is 1. The molecule has 0 saturated carbocycles. The highest BCUT2D eigenvalue weighted by molar-refractivity contribution is 6.30. The first-order valence-electron chi connectivity index (χ1n) is 5.74. The van der Waals surface area contributed by atoms with Crippen LogP contribution in [0.5, 0.6) is 0 Å². The van der Waals surface area contributed by atoms with Gasteiger partial charge in [-0.15, -0.1) is 0 Å². The number of rotatable bonds is 1. The van der Waals surface area contributed by atoms with E-state index in [0.717, 1.165) is 23.8 Å². The standard InChI is InChI=1S/C14H12ClN3/c1-18-9-10-5-6-11(15)8-13(10)17-14(18)12-4-2-3-7-16-12/h2-8H,9H2,1H3. The molecule has 0 spiro atoms. The van der Waals surface area contributed by atoms with Gasteiger partial charge in [0, 0.05) is 24.8 Å². The molecule has 1 aliphatic heterocycles. The molecule has 2 heterocycles. The third kappa shape index (κ3) is 1.97. The summed E-state index contributed by atoms with van der Waals surface area (Å²) in [6, 6.07) is 11.6. The van der Waals surface area contributed by atoms with Crippen LogP contribution in [0.25, 0.3) is 0 Å². The summed E-state index contributed by atoms with van der Waals surface area (Å²) in [5, 5.41) is 0.711. The average Bonchev–Trinajstić information content (AvgIpc) is 2.39. The van der Waals surface area contributed by atoms with Crippen LogP contribution in [0.15, 0.2) is 47.6 Å². The summed E-state index contributed by atoms with van der Waals surface area (Å²) in [6.45, 7) is 0.821. The molecule has 2 aromatic rings. The van der Waals surface area contributed by atoms with Gasteiger partial charge in [-0.3, -0.25) is 4.98 Å². The fraction of sp³-hybridized carbons (Fsp3) is 0.143. The average molecular weight is 258 g/mol. The Bertz CT molecular complexity index is 608. The fourth-order valence-corrected chi connectivity index (χ4v) is 2.22. The molecule has 0 amide bonds. The van der Waals surface area contributed by atoms with Crippen molar-refractivity contribution in [3.8, 4) is 0 Å². The lowest BCUT2D eigenvalue weighted by Crippen LogP contribution is -2.30. The molecule has 0 unspecified atom stereocenters. The van der Waals surface area contributed by atoms with Crippen molar-refractivity contribution < 1.29 is 0 Å². The smallest absolute Gasteiger partial charge is 0.155 e. The van der Waals surface area contributed by atoms with Crippen molar-refractivity contribution in [1.29, 1.82) is 0 Å². The first-order chi connectivity index (χ1) is 8.74. The first kappa shape index (κ1) is 11.2. The molecule has 1 aliphatic rings. The highest BCUT2D eigenvalue weighted by atomic mass is 35.5. The van der Waals surface area contributed by atoms with E-state index in [1.807, 2.05) is 43.4 Å². The Morgan fingerprint density at radius 3 is 2.89 bits per heavy atom. The molecular formula is C14H12ClN3. The SMILES string of the molecule is CN1Cc2ccc(Cl)cc2N=C1c1ccccn1. The largest absolute Gasteiger partial charge is 0.353 e.